The van der Waals surface area contributed by atoms with Gasteiger partial charge >= 0.3 is 0 Å². The molecule has 0 bridgehead atoms. The summed E-state index contributed by atoms with van der Waals surface area (Å²) >= 11 is 0. The van der Waals surface area contributed by atoms with E-state index in [0.717, 1.165) is 18.7 Å². The van der Waals surface area contributed by atoms with Gasteiger partial charge in [0.15, 0.2) is 0 Å². The van der Waals surface area contributed by atoms with Crippen LogP contribution < -0.4 is 5.32 Å². The van der Waals surface area contributed by atoms with Gasteiger partial charge in [-0.1, -0.05) is 34.1 Å². The third-order valence-corrected chi connectivity index (χ3v) is 2.97. The number of hydrogen-bond donors (Lipinski definition) is 1. The first-order valence-electron chi connectivity index (χ1n) is 6.31. The Kier molecular flexibility index (Phi) is 5.07. The fourth-order valence-electron chi connectivity index (χ4n) is 2.13. The van der Waals surface area contributed by atoms with Crippen molar-refractivity contribution in [1.82, 2.24) is 5.32 Å². The van der Waals surface area contributed by atoms with Crippen molar-refractivity contribution in [2.75, 3.05) is 6.54 Å². The zero-order valence-electron chi connectivity index (χ0n) is 11.0. The standard InChI is InChI=1S/C14H25NO/c1-5-8-14(4,11-15-12(2)3)10-13-7-6-9-16-13/h6-7,9,12,15H,5,8,10-11H2,1-4H3. The molecule has 0 spiro atoms. The molecule has 1 aromatic rings. The van der Waals surface area contributed by atoms with Crippen molar-refractivity contribution in [1.29, 1.82) is 0 Å². The zero-order chi connectivity index (χ0) is 12.0. The smallest absolute Gasteiger partial charge is 0.104 e. The van der Waals surface area contributed by atoms with E-state index >= 15 is 0 Å². The van der Waals surface area contributed by atoms with Gasteiger partial charge in [0.1, 0.15) is 5.76 Å². The van der Waals surface area contributed by atoms with Crippen LogP contribution in [0.3, 0.4) is 0 Å². The first-order chi connectivity index (χ1) is 7.56. The maximum absolute atomic E-state index is 5.45. The molecule has 1 N–H and O–H groups in total. The lowest BCUT2D eigenvalue weighted by Gasteiger charge is -2.30. The second-order valence-corrected chi connectivity index (χ2v) is 5.35. The molecular weight excluding hydrogens is 198 g/mol. The molecule has 0 aliphatic rings. The topological polar surface area (TPSA) is 25.2 Å². The number of nitrogens with one attached hydrogen (secondary N) is 1. The molecule has 1 rings (SSSR count). The van der Waals surface area contributed by atoms with E-state index in [1.807, 2.05) is 6.07 Å². The summed E-state index contributed by atoms with van der Waals surface area (Å²) in [5, 5.41) is 3.54. The molecule has 92 valence electrons. The zero-order valence-corrected chi connectivity index (χ0v) is 11.0. The molecule has 0 fully saturated rings. The van der Waals surface area contributed by atoms with Gasteiger partial charge < -0.3 is 9.73 Å². The highest BCUT2D eigenvalue weighted by Gasteiger charge is 2.24. The predicted molar refractivity (Wildman–Crippen MR) is 68.6 cm³/mol. The van der Waals surface area contributed by atoms with Crippen LogP contribution in [0.5, 0.6) is 0 Å². The summed E-state index contributed by atoms with van der Waals surface area (Å²) in [5.74, 6) is 1.10. The second kappa shape index (κ2) is 6.09. The summed E-state index contributed by atoms with van der Waals surface area (Å²) in [7, 11) is 0. The van der Waals surface area contributed by atoms with E-state index in [1.54, 1.807) is 6.26 Å². The van der Waals surface area contributed by atoms with E-state index in [-0.39, 0.29) is 0 Å². The van der Waals surface area contributed by atoms with Gasteiger partial charge in [-0.25, -0.2) is 0 Å². The second-order valence-electron chi connectivity index (χ2n) is 5.35. The third kappa shape index (κ3) is 4.40. The SMILES string of the molecule is CCCC(C)(CNC(C)C)Cc1ccco1. The maximum Gasteiger partial charge on any atom is 0.104 e. The van der Waals surface area contributed by atoms with E-state index in [4.69, 9.17) is 4.42 Å². The Morgan fingerprint density at radius 1 is 1.44 bits per heavy atom. The molecule has 16 heavy (non-hydrogen) atoms. The summed E-state index contributed by atoms with van der Waals surface area (Å²) in [6.45, 7) is 10.0. The molecule has 2 heteroatoms. The summed E-state index contributed by atoms with van der Waals surface area (Å²) < 4.78 is 5.45. The van der Waals surface area contributed by atoms with Crippen molar-refractivity contribution in [3.05, 3.63) is 24.2 Å². The Morgan fingerprint density at radius 3 is 2.69 bits per heavy atom. The van der Waals surface area contributed by atoms with Crippen LogP contribution in [0, 0.1) is 5.41 Å². The van der Waals surface area contributed by atoms with Gasteiger partial charge in [-0.15, -0.1) is 0 Å². The fourth-order valence-corrected chi connectivity index (χ4v) is 2.13. The van der Waals surface area contributed by atoms with Crippen LogP contribution in [0.25, 0.3) is 0 Å². The van der Waals surface area contributed by atoms with E-state index in [9.17, 15) is 0 Å². The van der Waals surface area contributed by atoms with Crippen LogP contribution in [0.1, 0.15) is 46.3 Å². The Balaban J connectivity index is 2.56. The van der Waals surface area contributed by atoms with Crippen molar-refractivity contribution < 1.29 is 4.42 Å². The normalized spacial score (nSPS) is 15.3. The van der Waals surface area contributed by atoms with E-state index < -0.39 is 0 Å². The van der Waals surface area contributed by atoms with Gasteiger partial charge in [0.25, 0.3) is 0 Å². The van der Waals surface area contributed by atoms with Gasteiger partial charge in [0.05, 0.1) is 6.26 Å². The third-order valence-electron chi connectivity index (χ3n) is 2.97. The Bertz CT molecular complexity index is 279. The number of rotatable bonds is 7. The van der Waals surface area contributed by atoms with E-state index in [0.29, 0.717) is 11.5 Å². The van der Waals surface area contributed by atoms with Crippen LogP contribution >= 0.6 is 0 Å². The molecular formula is C14H25NO. The van der Waals surface area contributed by atoms with Crippen LogP contribution in [0.15, 0.2) is 22.8 Å². The summed E-state index contributed by atoms with van der Waals surface area (Å²) in [4.78, 5) is 0. The van der Waals surface area contributed by atoms with Crippen molar-refractivity contribution in [3.63, 3.8) is 0 Å². The van der Waals surface area contributed by atoms with Crippen LogP contribution in [-0.2, 0) is 6.42 Å². The molecule has 2 nitrogen and oxygen atoms in total. The fraction of sp³-hybridized carbons (Fsp3) is 0.714. The van der Waals surface area contributed by atoms with Crippen LogP contribution in [-0.4, -0.2) is 12.6 Å². The quantitative estimate of drug-likeness (QED) is 0.763. The van der Waals surface area contributed by atoms with Gasteiger partial charge in [-0.2, -0.15) is 0 Å². The maximum atomic E-state index is 5.45. The molecule has 1 aromatic heterocycles. The molecule has 0 aromatic carbocycles. The van der Waals surface area contributed by atoms with Crippen molar-refractivity contribution in [2.45, 2.75) is 53.0 Å². The highest BCUT2D eigenvalue weighted by molar-refractivity contribution is 5.02. The van der Waals surface area contributed by atoms with Crippen molar-refractivity contribution in [2.24, 2.45) is 5.41 Å². The molecule has 1 heterocycles. The molecule has 0 amide bonds. The van der Waals surface area contributed by atoms with Gasteiger partial charge in [-0.3, -0.25) is 0 Å². The highest BCUT2D eigenvalue weighted by Crippen LogP contribution is 2.27. The monoisotopic (exact) mass is 223 g/mol. The Morgan fingerprint density at radius 2 is 2.19 bits per heavy atom. The first-order valence-corrected chi connectivity index (χ1v) is 6.31. The van der Waals surface area contributed by atoms with Crippen molar-refractivity contribution in [3.8, 4) is 0 Å². The Hall–Kier alpha value is -0.760. The minimum atomic E-state index is 0.302. The molecule has 0 aliphatic carbocycles. The van der Waals surface area contributed by atoms with E-state index in [1.165, 1.54) is 12.8 Å². The van der Waals surface area contributed by atoms with E-state index in [2.05, 4.69) is 39.1 Å². The Labute approximate surface area is 99.4 Å². The molecule has 1 unspecified atom stereocenters. The lowest BCUT2D eigenvalue weighted by Crippen LogP contribution is -2.37. The largest absolute Gasteiger partial charge is 0.469 e. The highest BCUT2D eigenvalue weighted by atomic mass is 16.3. The predicted octanol–water partition coefficient (Wildman–Crippen LogP) is 3.63. The molecule has 0 radical (unpaired) electrons. The lowest BCUT2D eigenvalue weighted by molar-refractivity contribution is 0.249. The van der Waals surface area contributed by atoms with Crippen LogP contribution in [0.2, 0.25) is 0 Å². The molecule has 1 atom stereocenters. The number of hydrogen-bond acceptors (Lipinski definition) is 2. The van der Waals surface area contributed by atoms with Gasteiger partial charge in [0.2, 0.25) is 0 Å². The minimum absolute atomic E-state index is 0.302. The van der Waals surface area contributed by atoms with Gasteiger partial charge in [0, 0.05) is 19.0 Å². The minimum Gasteiger partial charge on any atom is -0.469 e. The van der Waals surface area contributed by atoms with Crippen molar-refractivity contribution >= 4 is 0 Å². The average molecular weight is 223 g/mol. The molecule has 0 aliphatic heterocycles. The average Bonchev–Trinajstić information content (AvgIpc) is 2.68. The summed E-state index contributed by atoms with van der Waals surface area (Å²) in [6.07, 6.45) is 5.23. The molecule has 0 saturated heterocycles. The summed E-state index contributed by atoms with van der Waals surface area (Å²) in [6, 6.07) is 4.59. The molecule has 0 saturated carbocycles. The number of furan rings is 1. The van der Waals surface area contributed by atoms with Crippen LogP contribution in [0.4, 0.5) is 0 Å². The van der Waals surface area contributed by atoms with Gasteiger partial charge in [-0.05, 0) is 24.0 Å². The lowest BCUT2D eigenvalue weighted by atomic mass is 9.81. The first kappa shape index (κ1) is 13.3. The summed E-state index contributed by atoms with van der Waals surface area (Å²) in [5.41, 5.74) is 0.302.